The summed E-state index contributed by atoms with van der Waals surface area (Å²) in [6, 6.07) is 0.617. The Morgan fingerprint density at radius 3 is 2.59 bits per heavy atom. The lowest BCUT2D eigenvalue weighted by atomic mass is 10.4. The standard InChI is InChI=1S/C9H9F5N2O/c10-6-3-7(11)8(16-4-6)15-1-2-17-5-9(12,13)14/h3-4H,1-2,5H2,(H,15,16). The molecule has 3 nitrogen and oxygen atoms in total. The van der Waals surface area contributed by atoms with E-state index in [-0.39, 0.29) is 19.0 Å². The van der Waals surface area contributed by atoms with Gasteiger partial charge >= 0.3 is 6.18 Å². The Labute approximate surface area is 93.6 Å². The average molecular weight is 256 g/mol. The molecule has 0 unspecified atom stereocenters. The molecule has 0 amide bonds. The van der Waals surface area contributed by atoms with Gasteiger partial charge in [-0.3, -0.25) is 0 Å². The van der Waals surface area contributed by atoms with Gasteiger partial charge in [-0.2, -0.15) is 13.2 Å². The second kappa shape index (κ2) is 5.76. The van der Waals surface area contributed by atoms with Crippen LogP contribution in [-0.4, -0.2) is 30.9 Å². The van der Waals surface area contributed by atoms with E-state index in [1.165, 1.54) is 0 Å². The number of rotatable bonds is 5. The Morgan fingerprint density at radius 1 is 1.29 bits per heavy atom. The quantitative estimate of drug-likeness (QED) is 0.648. The normalized spacial score (nSPS) is 11.6. The fraction of sp³-hybridized carbons (Fsp3) is 0.444. The Balaban J connectivity index is 2.27. The Bertz CT molecular complexity index is 369. The van der Waals surface area contributed by atoms with E-state index in [1.54, 1.807) is 0 Å². The number of hydrogen-bond acceptors (Lipinski definition) is 3. The van der Waals surface area contributed by atoms with Crippen molar-refractivity contribution in [2.45, 2.75) is 6.18 Å². The first kappa shape index (κ1) is 13.6. The van der Waals surface area contributed by atoms with Gasteiger partial charge in [-0.1, -0.05) is 0 Å². The molecule has 1 rings (SSSR count). The topological polar surface area (TPSA) is 34.2 Å². The molecule has 1 aromatic heterocycles. The van der Waals surface area contributed by atoms with Gasteiger partial charge in [0.05, 0.1) is 12.8 Å². The van der Waals surface area contributed by atoms with Crippen LogP contribution in [-0.2, 0) is 4.74 Å². The molecule has 17 heavy (non-hydrogen) atoms. The summed E-state index contributed by atoms with van der Waals surface area (Å²) in [5.41, 5.74) is 0. The minimum Gasteiger partial charge on any atom is -0.370 e. The number of aromatic nitrogens is 1. The van der Waals surface area contributed by atoms with Gasteiger partial charge in [-0.25, -0.2) is 13.8 Å². The SMILES string of the molecule is Fc1cnc(NCCOCC(F)(F)F)c(F)c1. The van der Waals surface area contributed by atoms with Crippen LogP contribution in [0, 0.1) is 11.6 Å². The van der Waals surface area contributed by atoms with Crippen LogP contribution in [0.1, 0.15) is 0 Å². The molecule has 0 aliphatic heterocycles. The zero-order chi connectivity index (χ0) is 12.9. The van der Waals surface area contributed by atoms with Crippen molar-refractivity contribution < 1.29 is 26.7 Å². The van der Waals surface area contributed by atoms with Crippen LogP contribution < -0.4 is 5.32 Å². The maximum Gasteiger partial charge on any atom is 0.411 e. The fourth-order valence-corrected chi connectivity index (χ4v) is 0.974. The smallest absolute Gasteiger partial charge is 0.370 e. The molecule has 0 aliphatic rings. The zero-order valence-corrected chi connectivity index (χ0v) is 8.52. The van der Waals surface area contributed by atoms with Crippen molar-refractivity contribution in [2.75, 3.05) is 25.1 Å². The molecule has 96 valence electrons. The molecular weight excluding hydrogens is 247 g/mol. The van der Waals surface area contributed by atoms with Gasteiger partial charge < -0.3 is 10.1 Å². The number of nitrogens with zero attached hydrogens (tertiary/aromatic N) is 1. The first-order valence-electron chi connectivity index (χ1n) is 4.58. The van der Waals surface area contributed by atoms with Gasteiger partial charge in [0.1, 0.15) is 12.4 Å². The molecule has 0 saturated heterocycles. The molecule has 0 spiro atoms. The molecule has 8 heteroatoms. The van der Waals surface area contributed by atoms with Crippen molar-refractivity contribution >= 4 is 5.82 Å². The Morgan fingerprint density at radius 2 is 2.00 bits per heavy atom. The van der Waals surface area contributed by atoms with Crippen molar-refractivity contribution in [3.8, 4) is 0 Å². The third-order valence-corrected chi connectivity index (χ3v) is 1.61. The van der Waals surface area contributed by atoms with Gasteiger partial charge in [-0.15, -0.1) is 0 Å². The van der Waals surface area contributed by atoms with Crippen molar-refractivity contribution in [3.63, 3.8) is 0 Å². The largest absolute Gasteiger partial charge is 0.411 e. The summed E-state index contributed by atoms with van der Waals surface area (Å²) in [6.07, 6.45) is -3.60. The molecule has 0 aliphatic carbocycles. The molecule has 0 radical (unpaired) electrons. The summed E-state index contributed by atoms with van der Waals surface area (Å²) in [5, 5.41) is 2.38. The number of ether oxygens (including phenoxy) is 1. The Kier molecular flexibility index (Phi) is 4.62. The third kappa shape index (κ3) is 5.43. The Hall–Kier alpha value is -1.44. The highest BCUT2D eigenvalue weighted by Crippen LogP contribution is 2.14. The number of halogens is 5. The minimum atomic E-state index is -4.39. The van der Waals surface area contributed by atoms with E-state index in [4.69, 9.17) is 0 Å². The van der Waals surface area contributed by atoms with Crippen LogP contribution in [0.2, 0.25) is 0 Å². The van der Waals surface area contributed by atoms with E-state index < -0.39 is 24.4 Å². The minimum absolute atomic E-state index is 0.0639. The molecular formula is C9H9F5N2O. The van der Waals surface area contributed by atoms with Gasteiger partial charge in [0.25, 0.3) is 0 Å². The van der Waals surface area contributed by atoms with Crippen molar-refractivity contribution in [3.05, 3.63) is 23.9 Å². The number of anilines is 1. The molecule has 1 N–H and O–H groups in total. The molecule has 0 bridgehead atoms. The maximum atomic E-state index is 13.0. The number of alkyl halides is 3. The van der Waals surface area contributed by atoms with Crippen molar-refractivity contribution in [1.82, 2.24) is 4.98 Å². The van der Waals surface area contributed by atoms with Gasteiger partial charge in [0.2, 0.25) is 0 Å². The highest BCUT2D eigenvalue weighted by molar-refractivity contribution is 5.35. The zero-order valence-electron chi connectivity index (χ0n) is 8.52. The van der Waals surface area contributed by atoms with E-state index in [0.29, 0.717) is 6.07 Å². The summed E-state index contributed by atoms with van der Waals surface area (Å²) in [6.45, 7) is -1.70. The number of hydrogen-bond donors (Lipinski definition) is 1. The second-order valence-corrected chi connectivity index (χ2v) is 3.08. The third-order valence-electron chi connectivity index (χ3n) is 1.61. The van der Waals surface area contributed by atoms with Gasteiger partial charge in [-0.05, 0) is 0 Å². The fourth-order valence-electron chi connectivity index (χ4n) is 0.974. The summed E-state index contributed by atoms with van der Waals surface area (Å²) < 4.78 is 64.6. The predicted octanol–water partition coefficient (Wildman–Crippen LogP) is 2.35. The van der Waals surface area contributed by atoms with Crippen LogP contribution in [0.5, 0.6) is 0 Å². The molecule has 0 aromatic carbocycles. The number of nitrogens with one attached hydrogen (secondary N) is 1. The van der Waals surface area contributed by atoms with Crippen LogP contribution in [0.4, 0.5) is 27.8 Å². The second-order valence-electron chi connectivity index (χ2n) is 3.08. The van der Waals surface area contributed by atoms with Crippen LogP contribution >= 0.6 is 0 Å². The first-order chi connectivity index (χ1) is 7.88. The lowest BCUT2D eigenvalue weighted by Crippen LogP contribution is -2.20. The molecule has 0 fully saturated rings. The summed E-state index contributed by atoms with van der Waals surface area (Å²) in [7, 11) is 0. The monoisotopic (exact) mass is 256 g/mol. The maximum absolute atomic E-state index is 13.0. The lowest BCUT2D eigenvalue weighted by molar-refractivity contribution is -0.172. The highest BCUT2D eigenvalue weighted by atomic mass is 19.4. The molecule has 1 heterocycles. The summed E-state index contributed by atoms with van der Waals surface area (Å²) in [4.78, 5) is 3.39. The van der Waals surface area contributed by atoms with Crippen LogP contribution in [0.25, 0.3) is 0 Å². The van der Waals surface area contributed by atoms with E-state index in [9.17, 15) is 22.0 Å². The van der Waals surface area contributed by atoms with Gasteiger partial charge in [0, 0.05) is 12.6 Å². The van der Waals surface area contributed by atoms with Gasteiger partial charge in [0.15, 0.2) is 11.6 Å². The van der Waals surface area contributed by atoms with Crippen LogP contribution in [0.3, 0.4) is 0 Å². The summed E-state index contributed by atoms with van der Waals surface area (Å²) >= 11 is 0. The van der Waals surface area contributed by atoms with Crippen molar-refractivity contribution in [2.24, 2.45) is 0 Å². The average Bonchev–Trinajstić information content (AvgIpc) is 2.18. The van der Waals surface area contributed by atoms with E-state index in [1.807, 2.05) is 0 Å². The van der Waals surface area contributed by atoms with Crippen molar-refractivity contribution in [1.29, 1.82) is 0 Å². The van der Waals surface area contributed by atoms with E-state index >= 15 is 0 Å². The first-order valence-corrected chi connectivity index (χ1v) is 4.58. The summed E-state index contributed by atoms with van der Waals surface area (Å²) in [5.74, 6) is -1.98. The van der Waals surface area contributed by atoms with Crippen LogP contribution in [0.15, 0.2) is 12.3 Å². The molecule has 0 saturated carbocycles. The highest BCUT2D eigenvalue weighted by Gasteiger charge is 2.27. The van der Waals surface area contributed by atoms with E-state index in [2.05, 4.69) is 15.0 Å². The predicted molar refractivity (Wildman–Crippen MR) is 49.5 cm³/mol. The molecule has 0 atom stereocenters. The number of pyridine rings is 1. The van der Waals surface area contributed by atoms with E-state index in [0.717, 1.165) is 6.20 Å². The molecule has 1 aromatic rings. The lowest BCUT2D eigenvalue weighted by Gasteiger charge is -2.09.